The minimum atomic E-state index is -0.670. The van der Waals surface area contributed by atoms with Gasteiger partial charge in [-0.1, -0.05) is 12.1 Å². The lowest BCUT2D eigenvalue weighted by Gasteiger charge is -2.06. The van der Waals surface area contributed by atoms with Gasteiger partial charge in [0, 0.05) is 12.2 Å². The summed E-state index contributed by atoms with van der Waals surface area (Å²) < 4.78 is 26.2. The zero-order valence-corrected chi connectivity index (χ0v) is 9.99. The summed E-state index contributed by atoms with van der Waals surface area (Å²) in [6, 6.07) is 9.56. The average molecular weight is 262 g/mol. The van der Waals surface area contributed by atoms with Gasteiger partial charge in [0.2, 0.25) is 0 Å². The number of benzene rings is 2. The summed E-state index contributed by atoms with van der Waals surface area (Å²) in [7, 11) is 0. The number of nitrogens with two attached hydrogens (primary N) is 1. The Morgan fingerprint density at radius 2 is 1.79 bits per heavy atom. The van der Waals surface area contributed by atoms with Crippen LogP contribution >= 0.6 is 0 Å². The number of hydrogen-bond donors (Lipinski definition) is 2. The number of nitrogens with one attached hydrogen (secondary N) is 1. The molecule has 19 heavy (non-hydrogen) atoms. The number of nitrogen functional groups attached to an aromatic ring is 1. The topological polar surface area (TPSA) is 55.1 Å². The lowest BCUT2D eigenvalue weighted by atomic mass is 10.1. The molecule has 2 rings (SSSR count). The molecule has 0 spiro atoms. The summed E-state index contributed by atoms with van der Waals surface area (Å²) in [5.74, 6) is -1.56. The maximum atomic E-state index is 13.5. The van der Waals surface area contributed by atoms with Gasteiger partial charge in [-0.15, -0.1) is 0 Å². The van der Waals surface area contributed by atoms with Gasteiger partial charge in [0.15, 0.2) is 0 Å². The summed E-state index contributed by atoms with van der Waals surface area (Å²) in [6.07, 6.45) is 0. The van der Waals surface area contributed by atoms with Gasteiger partial charge in [0.1, 0.15) is 11.6 Å². The molecule has 0 aliphatic heterocycles. The van der Waals surface area contributed by atoms with Gasteiger partial charge < -0.3 is 11.1 Å². The Balaban J connectivity index is 2.03. The van der Waals surface area contributed by atoms with Crippen molar-refractivity contribution in [3.63, 3.8) is 0 Å². The molecule has 0 atom stereocenters. The SMILES string of the molecule is Nc1ccc(C(=O)NCc2ccc(F)cc2)c(F)c1. The van der Waals surface area contributed by atoms with E-state index in [1.165, 1.54) is 24.3 Å². The first kappa shape index (κ1) is 13.0. The molecule has 0 bridgehead atoms. The van der Waals surface area contributed by atoms with Crippen LogP contribution in [0.15, 0.2) is 42.5 Å². The molecule has 98 valence electrons. The Kier molecular flexibility index (Phi) is 3.75. The third-order valence-corrected chi connectivity index (χ3v) is 2.60. The number of anilines is 1. The molecule has 0 fully saturated rings. The lowest BCUT2D eigenvalue weighted by molar-refractivity contribution is 0.0947. The van der Waals surface area contributed by atoms with Crippen molar-refractivity contribution in [1.82, 2.24) is 5.32 Å². The van der Waals surface area contributed by atoms with Crippen LogP contribution in [0.1, 0.15) is 15.9 Å². The summed E-state index contributed by atoms with van der Waals surface area (Å²) in [6.45, 7) is 0.197. The van der Waals surface area contributed by atoms with Gasteiger partial charge in [-0.05, 0) is 35.9 Å². The second-order valence-corrected chi connectivity index (χ2v) is 4.05. The Morgan fingerprint density at radius 1 is 1.11 bits per heavy atom. The molecule has 0 saturated heterocycles. The van der Waals surface area contributed by atoms with Crippen LogP contribution in [0.4, 0.5) is 14.5 Å². The molecule has 0 unspecified atom stereocenters. The second kappa shape index (κ2) is 5.48. The van der Waals surface area contributed by atoms with Crippen LogP contribution in [0.25, 0.3) is 0 Å². The normalized spacial score (nSPS) is 10.2. The zero-order chi connectivity index (χ0) is 13.8. The van der Waals surface area contributed by atoms with Crippen molar-refractivity contribution in [3.05, 3.63) is 65.2 Å². The maximum Gasteiger partial charge on any atom is 0.254 e. The van der Waals surface area contributed by atoms with Crippen LogP contribution in [-0.2, 0) is 6.54 Å². The van der Waals surface area contributed by atoms with Crippen molar-refractivity contribution in [1.29, 1.82) is 0 Å². The summed E-state index contributed by atoms with van der Waals surface area (Å²) in [5.41, 5.74) is 6.31. The minimum Gasteiger partial charge on any atom is -0.399 e. The van der Waals surface area contributed by atoms with Crippen LogP contribution in [0.5, 0.6) is 0 Å². The standard InChI is InChI=1S/C14H12F2N2O/c15-10-3-1-9(2-4-10)8-18-14(19)12-6-5-11(17)7-13(12)16/h1-7H,8,17H2,(H,18,19). The van der Waals surface area contributed by atoms with Crippen molar-refractivity contribution in [2.24, 2.45) is 0 Å². The Hall–Kier alpha value is -2.43. The zero-order valence-electron chi connectivity index (χ0n) is 9.99. The fourth-order valence-electron chi connectivity index (χ4n) is 1.60. The highest BCUT2D eigenvalue weighted by atomic mass is 19.1. The average Bonchev–Trinajstić information content (AvgIpc) is 2.37. The van der Waals surface area contributed by atoms with Crippen molar-refractivity contribution < 1.29 is 13.6 Å². The molecular weight excluding hydrogens is 250 g/mol. The predicted octanol–water partition coefficient (Wildman–Crippen LogP) is 2.48. The number of amides is 1. The van der Waals surface area contributed by atoms with E-state index in [1.54, 1.807) is 12.1 Å². The van der Waals surface area contributed by atoms with Crippen molar-refractivity contribution in [2.45, 2.75) is 6.54 Å². The van der Waals surface area contributed by atoms with Crippen LogP contribution in [0, 0.1) is 11.6 Å². The molecule has 0 aliphatic carbocycles. The number of carbonyl (C=O) groups is 1. The fourth-order valence-corrected chi connectivity index (χ4v) is 1.60. The van der Waals surface area contributed by atoms with Crippen molar-refractivity contribution >= 4 is 11.6 Å². The Labute approximate surface area is 109 Å². The summed E-state index contributed by atoms with van der Waals surface area (Å²) in [5, 5.41) is 2.55. The number of hydrogen-bond acceptors (Lipinski definition) is 2. The highest BCUT2D eigenvalue weighted by molar-refractivity contribution is 5.94. The minimum absolute atomic E-state index is 0.0729. The molecule has 5 heteroatoms. The Bertz CT molecular complexity index is 597. The molecule has 0 saturated carbocycles. The second-order valence-electron chi connectivity index (χ2n) is 4.05. The molecule has 1 amide bonds. The fraction of sp³-hybridized carbons (Fsp3) is 0.0714. The smallest absolute Gasteiger partial charge is 0.254 e. The van der Waals surface area contributed by atoms with E-state index < -0.39 is 11.7 Å². The largest absolute Gasteiger partial charge is 0.399 e. The maximum absolute atomic E-state index is 13.5. The van der Waals surface area contributed by atoms with Crippen LogP contribution < -0.4 is 11.1 Å². The molecule has 2 aromatic rings. The monoisotopic (exact) mass is 262 g/mol. The number of rotatable bonds is 3. The molecule has 0 heterocycles. The van der Waals surface area contributed by atoms with E-state index in [-0.39, 0.29) is 23.6 Å². The van der Waals surface area contributed by atoms with Crippen LogP contribution in [-0.4, -0.2) is 5.91 Å². The highest BCUT2D eigenvalue weighted by Gasteiger charge is 2.11. The van der Waals surface area contributed by atoms with E-state index >= 15 is 0 Å². The van der Waals surface area contributed by atoms with Gasteiger partial charge in [-0.3, -0.25) is 4.79 Å². The van der Waals surface area contributed by atoms with E-state index in [0.717, 1.165) is 11.6 Å². The van der Waals surface area contributed by atoms with Gasteiger partial charge in [-0.2, -0.15) is 0 Å². The predicted molar refractivity (Wildman–Crippen MR) is 68.4 cm³/mol. The Morgan fingerprint density at radius 3 is 2.42 bits per heavy atom. The molecule has 3 nitrogen and oxygen atoms in total. The molecule has 2 aromatic carbocycles. The van der Waals surface area contributed by atoms with Crippen LogP contribution in [0.3, 0.4) is 0 Å². The number of halogens is 2. The van der Waals surface area contributed by atoms with Gasteiger partial charge >= 0.3 is 0 Å². The van der Waals surface area contributed by atoms with E-state index in [9.17, 15) is 13.6 Å². The third-order valence-electron chi connectivity index (χ3n) is 2.60. The highest BCUT2D eigenvalue weighted by Crippen LogP contribution is 2.12. The first-order valence-corrected chi connectivity index (χ1v) is 5.64. The van der Waals surface area contributed by atoms with E-state index in [4.69, 9.17) is 5.73 Å². The third kappa shape index (κ3) is 3.28. The van der Waals surface area contributed by atoms with Crippen LogP contribution in [0.2, 0.25) is 0 Å². The van der Waals surface area contributed by atoms with E-state index in [1.807, 2.05) is 0 Å². The van der Waals surface area contributed by atoms with E-state index in [0.29, 0.717) is 0 Å². The molecule has 0 radical (unpaired) electrons. The van der Waals surface area contributed by atoms with Gasteiger partial charge in [0.25, 0.3) is 5.91 Å². The van der Waals surface area contributed by atoms with Crippen molar-refractivity contribution in [3.8, 4) is 0 Å². The molecular formula is C14H12F2N2O. The first-order chi connectivity index (χ1) is 9.06. The molecule has 3 N–H and O–H groups in total. The molecule has 0 aromatic heterocycles. The van der Waals surface area contributed by atoms with E-state index in [2.05, 4.69) is 5.32 Å². The lowest BCUT2D eigenvalue weighted by Crippen LogP contribution is -2.23. The van der Waals surface area contributed by atoms with Gasteiger partial charge in [0.05, 0.1) is 5.56 Å². The molecule has 0 aliphatic rings. The summed E-state index contributed by atoms with van der Waals surface area (Å²) >= 11 is 0. The number of carbonyl (C=O) groups excluding carboxylic acids is 1. The van der Waals surface area contributed by atoms with Gasteiger partial charge in [-0.25, -0.2) is 8.78 Å². The van der Waals surface area contributed by atoms with Crippen molar-refractivity contribution in [2.75, 3.05) is 5.73 Å². The quantitative estimate of drug-likeness (QED) is 0.835. The summed E-state index contributed by atoms with van der Waals surface area (Å²) in [4.78, 5) is 11.8. The first-order valence-electron chi connectivity index (χ1n) is 5.64.